The van der Waals surface area contributed by atoms with Crippen LogP contribution in [0.15, 0.2) is 53.5 Å². The van der Waals surface area contributed by atoms with Gasteiger partial charge in [-0.2, -0.15) is 11.3 Å². The zero-order valence-electron chi connectivity index (χ0n) is 13.2. The maximum absolute atomic E-state index is 12.1. The van der Waals surface area contributed by atoms with E-state index in [2.05, 4.69) is 10.3 Å². The average Bonchev–Trinajstić information content (AvgIpc) is 3.29. The maximum Gasteiger partial charge on any atom is 0.252 e. The van der Waals surface area contributed by atoms with Crippen molar-refractivity contribution >= 4 is 28.8 Å². The van der Waals surface area contributed by atoms with Crippen LogP contribution in [0.5, 0.6) is 5.75 Å². The summed E-state index contributed by atoms with van der Waals surface area (Å²) in [6.07, 6.45) is 4.11. The van der Waals surface area contributed by atoms with Gasteiger partial charge in [-0.25, -0.2) is 0 Å². The van der Waals surface area contributed by atoms with Crippen molar-refractivity contribution in [2.45, 2.75) is 12.5 Å². The molecule has 4 nitrogen and oxygen atoms in total. The highest BCUT2D eigenvalue weighted by molar-refractivity contribution is 7.08. The van der Waals surface area contributed by atoms with Gasteiger partial charge in [0.2, 0.25) is 0 Å². The van der Waals surface area contributed by atoms with Crippen LogP contribution in [0.3, 0.4) is 0 Å². The largest absolute Gasteiger partial charge is 0.487 e. The van der Waals surface area contributed by atoms with E-state index in [1.165, 1.54) is 11.3 Å². The summed E-state index contributed by atoms with van der Waals surface area (Å²) in [5.74, 6) is 0.763. The topological polar surface area (TPSA) is 51.2 Å². The van der Waals surface area contributed by atoms with Crippen LogP contribution in [0, 0.1) is 0 Å². The number of ether oxygens (including phenoxy) is 1. The van der Waals surface area contributed by atoms with Crippen LogP contribution in [0.2, 0.25) is 5.02 Å². The van der Waals surface area contributed by atoms with Gasteiger partial charge in [-0.15, -0.1) is 0 Å². The van der Waals surface area contributed by atoms with Crippen molar-refractivity contribution in [3.8, 4) is 16.9 Å². The van der Waals surface area contributed by atoms with E-state index >= 15 is 0 Å². The molecule has 0 saturated heterocycles. The molecule has 1 atom stereocenters. The molecule has 25 heavy (non-hydrogen) atoms. The number of aromatic nitrogens is 1. The summed E-state index contributed by atoms with van der Waals surface area (Å²) in [6, 6.07) is 9.51. The third-order valence-electron chi connectivity index (χ3n) is 4.13. The number of carbonyl (C=O) groups excluding carboxylic acids is 1. The highest BCUT2D eigenvalue weighted by Crippen LogP contribution is 2.40. The Morgan fingerprint density at radius 3 is 2.92 bits per heavy atom. The highest BCUT2D eigenvalue weighted by Gasteiger charge is 2.27. The molecule has 4 rings (SSSR count). The fourth-order valence-electron chi connectivity index (χ4n) is 2.96. The molecule has 2 aromatic heterocycles. The standard InChI is InChI=1S/C19H15ClN2O2S/c20-15-7-14-8-16(10-22-19(23)13-3-6-25-11-13)24-18(14)17(9-15)12-1-4-21-5-2-12/h1-7,9,11,16H,8,10H2,(H,22,23)/t16-/m1/s1. The smallest absolute Gasteiger partial charge is 0.252 e. The van der Waals surface area contributed by atoms with Crippen molar-refractivity contribution in [1.82, 2.24) is 10.3 Å². The Morgan fingerprint density at radius 1 is 1.32 bits per heavy atom. The third kappa shape index (κ3) is 3.38. The Balaban J connectivity index is 1.51. The number of hydrogen-bond donors (Lipinski definition) is 1. The summed E-state index contributed by atoms with van der Waals surface area (Å²) in [6.45, 7) is 0.455. The number of rotatable bonds is 4. The second-order valence-electron chi connectivity index (χ2n) is 5.84. The number of benzene rings is 1. The van der Waals surface area contributed by atoms with Crippen molar-refractivity contribution in [3.05, 3.63) is 69.6 Å². The van der Waals surface area contributed by atoms with E-state index < -0.39 is 0 Å². The molecule has 3 aromatic rings. The molecule has 0 radical (unpaired) electrons. The quantitative estimate of drug-likeness (QED) is 0.748. The maximum atomic E-state index is 12.1. The van der Waals surface area contributed by atoms with Gasteiger partial charge in [0.15, 0.2) is 0 Å². The lowest BCUT2D eigenvalue weighted by atomic mass is 10.0. The molecule has 0 spiro atoms. The Bertz CT molecular complexity index is 897. The minimum absolute atomic E-state index is 0.0757. The number of nitrogens with one attached hydrogen (secondary N) is 1. The lowest BCUT2D eigenvalue weighted by Gasteiger charge is -2.13. The predicted molar refractivity (Wildman–Crippen MR) is 99.5 cm³/mol. The lowest BCUT2D eigenvalue weighted by Crippen LogP contribution is -2.34. The molecule has 3 heterocycles. The molecule has 1 aliphatic rings. The van der Waals surface area contributed by atoms with Gasteiger partial charge in [-0.05, 0) is 41.3 Å². The van der Waals surface area contributed by atoms with E-state index in [1.807, 2.05) is 41.1 Å². The van der Waals surface area contributed by atoms with Crippen LogP contribution in [0.4, 0.5) is 0 Å². The molecular weight excluding hydrogens is 356 g/mol. The summed E-state index contributed by atoms with van der Waals surface area (Å²) in [5.41, 5.74) is 3.71. The van der Waals surface area contributed by atoms with Gasteiger partial charge in [0.05, 0.1) is 6.54 Å². The fourth-order valence-corrected chi connectivity index (χ4v) is 3.83. The number of nitrogens with zero attached hydrogens (tertiary/aromatic N) is 1. The molecule has 0 unspecified atom stereocenters. The van der Waals surface area contributed by atoms with Crippen molar-refractivity contribution in [1.29, 1.82) is 0 Å². The zero-order chi connectivity index (χ0) is 17.2. The van der Waals surface area contributed by atoms with Gasteiger partial charge in [-0.3, -0.25) is 9.78 Å². The SMILES string of the molecule is O=C(NC[C@H]1Cc2cc(Cl)cc(-c3ccncc3)c2O1)c1ccsc1. The van der Waals surface area contributed by atoms with Gasteiger partial charge >= 0.3 is 0 Å². The number of thiophene rings is 1. The minimum Gasteiger partial charge on any atom is -0.487 e. The van der Waals surface area contributed by atoms with E-state index in [1.54, 1.807) is 12.4 Å². The first-order chi connectivity index (χ1) is 12.2. The third-order valence-corrected chi connectivity index (χ3v) is 5.03. The Morgan fingerprint density at radius 2 is 2.16 bits per heavy atom. The highest BCUT2D eigenvalue weighted by atomic mass is 35.5. The minimum atomic E-state index is -0.100. The van der Waals surface area contributed by atoms with Gasteiger partial charge in [0, 0.05) is 45.9 Å². The molecule has 1 N–H and O–H groups in total. The van der Waals surface area contributed by atoms with Crippen LogP contribution >= 0.6 is 22.9 Å². The summed E-state index contributed by atoms with van der Waals surface area (Å²) in [5, 5.41) is 7.34. The van der Waals surface area contributed by atoms with Crippen LogP contribution in [-0.4, -0.2) is 23.5 Å². The van der Waals surface area contributed by atoms with Crippen LogP contribution in [0.25, 0.3) is 11.1 Å². The molecule has 6 heteroatoms. The van der Waals surface area contributed by atoms with Crippen molar-refractivity contribution in [2.24, 2.45) is 0 Å². The summed E-state index contributed by atoms with van der Waals surface area (Å²) in [7, 11) is 0. The predicted octanol–water partition coefficient (Wildman–Crippen LogP) is 4.20. The Kier molecular flexibility index (Phi) is 4.42. The number of amides is 1. The Hall–Kier alpha value is -2.37. The molecule has 1 aliphatic heterocycles. The van der Waals surface area contributed by atoms with Gasteiger partial charge in [0.25, 0.3) is 5.91 Å². The summed E-state index contributed by atoms with van der Waals surface area (Å²) in [4.78, 5) is 16.1. The second kappa shape index (κ2) is 6.86. The average molecular weight is 371 g/mol. The first-order valence-corrected chi connectivity index (χ1v) is 9.22. The molecule has 0 aliphatic carbocycles. The molecule has 0 fully saturated rings. The van der Waals surface area contributed by atoms with Gasteiger partial charge in [0.1, 0.15) is 11.9 Å². The van der Waals surface area contributed by atoms with E-state index in [-0.39, 0.29) is 12.0 Å². The van der Waals surface area contributed by atoms with E-state index in [0.717, 1.165) is 28.9 Å². The van der Waals surface area contributed by atoms with Gasteiger partial charge in [-0.1, -0.05) is 11.6 Å². The van der Waals surface area contributed by atoms with E-state index in [4.69, 9.17) is 16.3 Å². The van der Waals surface area contributed by atoms with Crippen LogP contribution in [0.1, 0.15) is 15.9 Å². The number of halogens is 1. The van der Waals surface area contributed by atoms with Crippen molar-refractivity contribution in [2.75, 3.05) is 6.54 Å². The number of fused-ring (bicyclic) bond motifs is 1. The van der Waals surface area contributed by atoms with E-state index in [0.29, 0.717) is 17.1 Å². The molecular formula is C19H15ClN2O2S. The summed E-state index contributed by atoms with van der Waals surface area (Å²) >= 11 is 7.79. The zero-order valence-corrected chi connectivity index (χ0v) is 14.8. The second-order valence-corrected chi connectivity index (χ2v) is 7.06. The Labute approximate surface area is 154 Å². The number of pyridine rings is 1. The number of hydrogen-bond acceptors (Lipinski definition) is 4. The van der Waals surface area contributed by atoms with E-state index in [9.17, 15) is 4.79 Å². The van der Waals surface area contributed by atoms with Crippen molar-refractivity contribution in [3.63, 3.8) is 0 Å². The monoisotopic (exact) mass is 370 g/mol. The fraction of sp³-hybridized carbons (Fsp3) is 0.158. The first-order valence-electron chi connectivity index (χ1n) is 7.90. The number of carbonyl (C=O) groups is 1. The summed E-state index contributed by atoms with van der Waals surface area (Å²) < 4.78 is 6.12. The van der Waals surface area contributed by atoms with Crippen molar-refractivity contribution < 1.29 is 9.53 Å². The lowest BCUT2D eigenvalue weighted by molar-refractivity contribution is 0.0934. The molecule has 1 aromatic carbocycles. The molecule has 1 amide bonds. The van der Waals surface area contributed by atoms with Crippen LogP contribution < -0.4 is 10.1 Å². The van der Waals surface area contributed by atoms with Gasteiger partial charge < -0.3 is 10.1 Å². The van der Waals surface area contributed by atoms with Crippen LogP contribution in [-0.2, 0) is 6.42 Å². The molecule has 0 bridgehead atoms. The first kappa shape index (κ1) is 16.1. The normalized spacial score (nSPS) is 15.5. The molecule has 126 valence electrons. The molecule has 0 saturated carbocycles.